The van der Waals surface area contributed by atoms with Crippen molar-refractivity contribution in [2.24, 2.45) is 0 Å². The minimum atomic E-state index is 1.04. The van der Waals surface area contributed by atoms with Crippen LogP contribution in [0.15, 0.2) is 0 Å². The van der Waals surface area contributed by atoms with Crippen LogP contribution in [0, 0.1) is 0 Å². The first-order valence-electron chi connectivity index (χ1n) is 2.96. The third kappa shape index (κ3) is 4.60. The minimum Gasteiger partial charge on any atom is -0.119 e. The molecule has 0 aromatic rings. The molecule has 0 aliphatic heterocycles. The third-order valence-electron chi connectivity index (χ3n) is 0.756. The fourth-order valence-corrected chi connectivity index (χ4v) is 1.20. The van der Waals surface area contributed by atoms with E-state index in [4.69, 9.17) is 12.2 Å². The van der Waals surface area contributed by atoms with Gasteiger partial charge in [-0.3, -0.25) is 0 Å². The summed E-state index contributed by atoms with van der Waals surface area (Å²) in [7, 11) is 0. The monoisotopic (exact) mass is 148 g/mol. The van der Waals surface area contributed by atoms with Gasteiger partial charge in [0.1, 0.15) is 0 Å². The van der Waals surface area contributed by atoms with Gasteiger partial charge in [0.2, 0.25) is 0 Å². The second-order valence-corrected chi connectivity index (χ2v) is 3.51. The molecule has 0 fully saturated rings. The average molecular weight is 148 g/mol. The second kappa shape index (κ2) is 5.57. The molecule has 48 valence electrons. The topological polar surface area (TPSA) is 0 Å². The molecule has 0 rings (SSSR count). The van der Waals surface area contributed by atoms with Crippen LogP contribution in [0.4, 0.5) is 0 Å². The Labute approximate surface area is 61.0 Å². The summed E-state index contributed by atoms with van der Waals surface area (Å²) in [6, 6.07) is 0. The molecule has 0 amide bonds. The molecule has 0 aromatic carbocycles. The molecule has 0 aliphatic rings. The van der Waals surface area contributed by atoms with E-state index in [0.29, 0.717) is 0 Å². The van der Waals surface area contributed by atoms with E-state index in [1.807, 2.05) is 11.8 Å². The van der Waals surface area contributed by atoms with Crippen molar-refractivity contribution in [2.75, 3.05) is 5.75 Å². The summed E-state index contributed by atoms with van der Waals surface area (Å²) < 4.78 is 1.15. The van der Waals surface area contributed by atoms with Crippen molar-refractivity contribution in [3.8, 4) is 0 Å². The maximum absolute atomic E-state index is 4.98. The smallest absolute Gasteiger partial charge is 0.0475 e. The van der Waals surface area contributed by atoms with Crippen molar-refractivity contribution in [3.63, 3.8) is 0 Å². The third-order valence-corrected chi connectivity index (χ3v) is 2.62. The molecule has 0 aliphatic carbocycles. The van der Waals surface area contributed by atoms with Gasteiger partial charge in [-0.25, -0.2) is 0 Å². The Morgan fingerprint density at radius 3 is 2.50 bits per heavy atom. The van der Waals surface area contributed by atoms with E-state index in [2.05, 4.69) is 13.8 Å². The Bertz CT molecular complexity index is 68.9. The molecular weight excluding hydrogens is 136 g/mol. The number of thioether (sulfide) groups is 1. The van der Waals surface area contributed by atoms with E-state index < -0.39 is 0 Å². The van der Waals surface area contributed by atoms with Crippen molar-refractivity contribution in [1.82, 2.24) is 0 Å². The lowest BCUT2D eigenvalue weighted by Gasteiger charge is -1.94. The molecule has 0 bridgehead atoms. The van der Waals surface area contributed by atoms with Gasteiger partial charge in [0.15, 0.2) is 0 Å². The fourth-order valence-electron chi connectivity index (χ4n) is 0.318. The zero-order chi connectivity index (χ0) is 6.41. The van der Waals surface area contributed by atoms with Crippen molar-refractivity contribution < 1.29 is 0 Å². The van der Waals surface area contributed by atoms with Gasteiger partial charge in [0.05, 0.1) is 0 Å². The molecule has 2 heteroatoms. The largest absolute Gasteiger partial charge is 0.119 e. The van der Waals surface area contributed by atoms with E-state index >= 15 is 0 Å². The molecule has 0 heterocycles. The predicted octanol–water partition coefficient (Wildman–Crippen LogP) is 2.87. The van der Waals surface area contributed by atoms with E-state index in [0.717, 1.165) is 10.6 Å². The molecule has 0 saturated heterocycles. The summed E-state index contributed by atoms with van der Waals surface area (Å²) >= 11 is 6.79. The summed E-state index contributed by atoms with van der Waals surface area (Å²) in [6.45, 7) is 4.27. The standard InChI is InChI=1S/C6H12S2/c1-3-5-8-6(7)4-2/h3-5H2,1-2H3. The predicted molar refractivity (Wildman–Crippen MR) is 45.6 cm³/mol. The second-order valence-electron chi connectivity index (χ2n) is 1.57. The lowest BCUT2D eigenvalue weighted by atomic mass is 10.6. The minimum absolute atomic E-state index is 1.04. The molecule has 0 radical (unpaired) electrons. The first kappa shape index (κ1) is 8.44. The maximum Gasteiger partial charge on any atom is 0.0475 e. The van der Waals surface area contributed by atoms with E-state index in [1.54, 1.807) is 0 Å². The van der Waals surface area contributed by atoms with Crippen molar-refractivity contribution >= 4 is 28.2 Å². The molecule has 0 unspecified atom stereocenters. The molecule has 0 saturated carbocycles. The Balaban J connectivity index is 2.99. The summed E-state index contributed by atoms with van der Waals surface area (Å²) in [6.07, 6.45) is 2.27. The van der Waals surface area contributed by atoms with E-state index in [1.165, 1.54) is 12.2 Å². The molecule has 0 N–H and O–H groups in total. The van der Waals surface area contributed by atoms with Gasteiger partial charge in [-0.15, -0.1) is 11.8 Å². The van der Waals surface area contributed by atoms with Crippen LogP contribution in [-0.2, 0) is 0 Å². The molecule has 0 aromatic heterocycles. The van der Waals surface area contributed by atoms with Gasteiger partial charge in [-0.1, -0.05) is 26.1 Å². The summed E-state index contributed by atoms with van der Waals surface area (Å²) in [5.74, 6) is 1.19. The summed E-state index contributed by atoms with van der Waals surface area (Å²) in [5.41, 5.74) is 0. The van der Waals surface area contributed by atoms with Gasteiger partial charge in [-0.05, 0) is 18.6 Å². The van der Waals surface area contributed by atoms with Gasteiger partial charge in [0.25, 0.3) is 0 Å². The number of hydrogen-bond acceptors (Lipinski definition) is 2. The maximum atomic E-state index is 4.98. The summed E-state index contributed by atoms with van der Waals surface area (Å²) in [4.78, 5) is 0. The highest BCUT2D eigenvalue weighted by molar-refractivity contribution is 8.23. The van der Waals surface area contributed by atoms with Crippen molar-refractivity contribution in [3.05, 3.63) is 0 Å². The molecule has 0 atom stereocenters. The molecule has 0 spiro atoms. The zero-order valence-corrected chi connectivity index (χ0v) is 7.07. The van der Waals surface area contributed by atoms with Crippen LogP contribution in [0.5, 0.6) is 0 Å². The van der Waals surface area contributed by atoms with Gasteiger partial charge >= 0.3 is 0 Å². The van der Waals surface area contributed by atoms with Crippen molar-refractivity contribution in [2.45, 2.75) is 26.7 Å². The first-order chi connectivity index (χ1) is 3.81. The Morgan fingerprint density at radius 1 is 1.50 bits per heavy atom. The van der Waals surface area contributed by atoms with Crippen LogP contribution in [0.25, 0.3) is 0 Å². The van der Waals surface area contributed by atoms with E-state index in [9.17, 15) is 0 Å². The van der Waals surface area contributed by atoms with Gasteiger partial charge in [0, 0.05) is 4.20 Å². The van der Waals surface area contributed by atoms with Crippen LogP contribution < -0.4 is 0 Å². The molecule has 0 nitrogen and oxygen atoms in total. The van der Waals surface area contributed by atoms with E-state index in [-0.39, 0.29) is 0 Å². The highest BCUT2D eigenvalue weighted by atomic mass is 32.2. The molecule has 8 heavy (non-hydrogen) atoms. The lowest BCUT2D eigenvalue weighted by Crippen LogP contribution is -1.84. The normalized spacial score (nSPS) is 9.25. The molecular formula is C6H12S2. The van der Waals surface area contributed by atoms with Crippen molar-refractivity contribution in [1.29, 1.82) is 0 Å². The fraction of sp³-hybridized carbons (Fsp3) is 0.833. The average Bonchev–Trinajstić information content (AvgIpc) is 1.83. The van der Waals surface area contributed by atoms with Crippen LogP contribution >= 0.6 is 24.0 Å². The van der Waals surface area contributed by atoms with Crippen LogP contribution in [0.1, 0.15) is 26.7 Å². The highest BCUT2D eigenvalue weighted by Crippen LogP contribution is 2.07. The summed E-state index contributed by atoms with van der Waals surface area (Å²) in [5, 5.41) is 0. The first-order valence-corrected chi connectivity index (χ1v) is 4.36. The lowest BCUT2D eigenvalue weighted by molar-refractivity contribution is 1.11. The Kier molecular flexibility index (Phi) is 5.88. The number of thiocarbonyl (C=S) groups is 1. The number of rotatable bonds is 3. The highest BCUT2D eigenvalue weighted by Gasteiger charge is 1.89. The Morgan fingerprint density at radius 2 is 2.12 bits per heavy atom. The number of hydrogen-bond donors (Lipinski definition) is 0. The van der Waals surface area contributed by atoms with Gasteiger partial charge < -0.3 is 0 Å². The SMILES string of the molecule is CCCSC(=S)CC. The quantitative estimate of drug-likeness (QED) is 0.564. The Hall–Kier alpha value is 0.440. The van der Waals surface area contributed by atoms with Gasteiger partial charge in [-0.2, -0.15) is 0 Å². The van der Waals surface area contributed by atoms with Crippen LogP contribution in [0.2, 0.25) is 0 Å². The van der Waals surface area contributed by atoms with Crippen LogP contribution in [-0.4, -0.2) is 9.95 Å². The zero-order valence-electron chi connectivity index (χ0n) is 5.44. The van der Waals surface area contributed by atoms with Crippen LogP contribution in [0.3, 0.4) is 0 Å².